The number of phenols is 2. The van der Waals surface area contributed by atoms with Crippen molar-refractivity contribution in [2.24, 2.45) is 0 Å². The fourth-order valence-corrected chi connectivity index (χ4v) is 4.37. The van der Waals surface area contributed by atoms with Crippen LogP contribution in [0, 0.1) is 17.0 Å². The summed E-state index contributed by atoms with van der Waals surface area (Å²) in [6.07, 6.45) is 1.47. The normalized spacial score (nSPS) is 11.6. The van der Waals surface area contributed by atoms with Crippen molar-refractivity contribution in [3.63, 3.8) is 0 Å². The number of rotatable bonds is 4. The van der Waals surface area contributed by atoms with Gasteiger partial charge in [0.1, 0.15) is 11.5 Å². The smallest absolute Gasteiger partial charge is 0.280 e. The number of hydrogen-bond acceptors (Lipinski definition) is 7. The molecule has 0 fully saturated rings. The number of pyridine rings is 1. The minimum absolute atomic E-state index is 0.0438. The monoisotopic (exact) mass is 425 g/mol. The molecular formula is C20H15N3O6S. The quantitative estimate of drug-likeness (QED) is 0.256. The number of phenolic OH excluding ortho intramolecular Hbond substituents is 2. The molecule has 0 atom stereocenters. The number of anilines is 1. The highest BCUT2D eigenvalue weighted by Crippen LogP contribution is 2.36. The van der Waals surface area contributed by atoms with E-state index in [0.717, 1.165) is 6.07 Å². The lowest BCUT2D eigenvalue weighted by Gasteiger charge is -2.12. The van der Waals surface area contributed by atoms with Gasteiger partial charge in [-0.05, 0) is 54.3 Å². The molecule has 4 aromatic rings. The highest BCUT2D eigenvalue weighted by atomic mass is 32.2. The largest absolute Gasteiger partial charge is 0.507 e. The van der Waals surface area contributed by atoms with E-state index in [4.69, 9.17) is 0 Å². The Morgan fingerprint density at radius 2 is 1.77 bits per heavy atom. The Morgan fingerprint density at radius 3 is 2.50 bits per heavy atom. The number of benzene rings is 3. The van der Waals surface area contributed by atoms with Crippen molar-refractivity contribution >= 4 is 43.1 Å². The Kier molecular flexibility index (Phi) is 4.43. The maximum Gasteiger partial charge on any atom is 0.280 e. The summed E-state index contributed by atoms with van der Waals surface area (Å²) in [6, 6.07) is 10.9. The molecule has 0 aliphatic rings. The standard InChI is InChI=1S/C20H15N3O6S/c1-11-13-5-4-12(9-15(13)17(23(26)27)10-19(11)25)30(28,29)22-16-6-7-18(24)14-3-2-8-21-20(14)16/h2-10,22,24-25H,1H3. The van der Waals surface area contributed by atoms with Crippen LogP contribution in [0.4, 0.5) is 11.4 Å². The molecule has 1 aromatic heterocycles. The average Bonchev–Trinajstić information content (AvgIpc) is 2.72. The number of nitro groups is 1. The van der Waals surface area contributed by atoms with Gasteiger partial charge in [-0.1, -0.05) is 6.07 Å². The molecule has 0 amide bonds. The first-order valence-electron chi connectivity index (χ1n) is 8.69. The number of nitrogens with one attached hydrogen (secondary N) is 1. The number of non-ortho nitro benzene ring substituents is 1. The van der Waals surface area contributed by atoms with Gasteiger partial charge in [-0.25, -0.2) is 8.42 Å². The van der Waals surface area contributed by atoms with Gasteiger partial charge in [-0.3, -0.25) is 19.8 Å². The van der Waals surface area contributed by atoms with E-state index in [1.165, 1.54) is 36.5 Å². The highest BCUT2D eigenvalue weighted by molar-refractivity contribution is 7.92. The summed E-state index contributed by atoms with van der Waals surface area (Å²) in [7, 11) is -4.13. The van der Waals surface area contributed by atoms with Gasteiger partial charge >= 0.3 is 0 Å². The van der Waals surface area contributed by atoms with Crippen molar-refractivity contribution in [3.8, 4) is 11.5 Å². The van der Waals surface area contributed by atoms with Crippen LogP contribution < -0.4 is 4.72 Å². The van der Waals surface area contributed by atoms with Gasteiger partial charge in [0, 0.05) is 11.6 Å². The molecule has 30 heavy (non-hydrogen) atoms. The summed E-state index contributed by atoms with van der Waals surface area (Å²) in [4.78, 5) is 14.7. The zero-order chi connectivity index (χ0) is 21.6. The predicted octanol–water partition coefficient (Wildman–Crippen LogP) is 3.82. The van der Waals surface area contributed by atoms with E-state index in [9.17, 15) is 28.7 Å². The number of nitro benzene ring substituents is 1. The van der Waals surface area contributed by atoms with Crippen LogP contribution in [0.2, 0.25) is 0 Å². The SMILES string of the molecule is Cc1c(O)cc([N+](=O)[O-])c2cc(S(=O)(=O)Nc3ccc(O)c4cccnc34)ccc12. The van der Waals surface area contributed by atoms with Crippen LogP contribution in [0.5, 0.6) is 11.5 Å². The molecule has 10 heteroatoms. The van der Waals surface area contributed by atoms with Gasteiger partial charge in [0.2, 0.25) is 0 Å². The molecule has 1 heterocycles. The van der Waals surface area contributed by atoms with E-state index < -0.39 is 20.6 Å². The van der Waals surface area contributed by atoms with Crippen LogP contribution in [-0.2, 0) is 10.0 Å². The fraction of sp³-hybridized carbons (Fsp3) is 0.0500. The van der Waals surface area contributed by atoms with Crippen LogP contribution in [0.25, 0.3) is 21.7 Å². The first-order chi connectivity index (χ1) is 14.2. The molecule has 0 aliphatic carbocycles. The molecule has 0 unspecified atom stereocenters. The molecule has 4 rings (SSSR count). The summed E-state index contributed by atoms with van der Waals surface area (Å²) in [5.74, 6) is -0.290. The number of hydrogen-bond donors (Lipinski definition) is 3. The Morgan fingerprint density at radius 1 is 1.00 bits per heavy atom. The van der Waals surface area contributed by atoms with Crippen molar-refractivity contribution in [1.29, 1.82) is 0 Å². The Labute approximate surface area is 170 Å². The lowest BCUT2D eigenvalue weighted by Crippen LogP contribution is -2.13. The third-order valence-electron chi connectivity index (χ3n) is 4.83. The van der Waals surface area contributed by atoms with Crippen LogP contribution in [0.1, 0.15) is 5.56 Å². The molecule has 152 valence electrons. The topological polar surface area (TPSA) is 143 Å². The van der Waals surface area contributed by atoms with Crippen LogP contribution in [0.3, 0.4) is 0 Å². The number of fused-ring (bicyclic) bond motifs is 2. The molecule has 9 nitrogen and oxygen atoms in total. The maximum absolute atomic E-state index is 13.0. The third-order valence-corrected chi connectivity index (χ3v) is 6.19. The van der Waals surface area contributed by atoms with Crippen molar-refractivity contribution in [3.05, 3.63) is 70.4 Å². The Hall–Kier alpha value is -3.92. The fourth-order valence-electron chi connectivity index (χ4n) is 3.28. The van der Waals surface area contributed by atoms with Crippen LogP contribution >= 0.6 is 0 Å². The van der Waals surface area contributed by atoms with Gasteiger partial charge in [0.25, 0.3) is 15.7 Å². The molecule has 0 saturated heterocycles. The molecular weight excluding hydrogens is 410 g/mol. The van der Waals surface area contributed by atoms with Gasteiger partial charge in [0.15, 0.2) is 0 Å². The van der Waals surface area contributed by atoms with Crippen LogP contribution in [0.15, 0.2) is 59.6 Å². The molecule has 3 N–H and O–H groups in total. The van der Waals surface area contributed by atoms with Gasteiger partial charge in [-0.15, -0.1) is 0 Å². The first-order valence-corrected chi connectivity index (χ1v) is 10.2. The molecule has 0 radical (unpaired) electrons. The maximum atomic E-state index is 13.0. The van der Waals surface area contributed by atoms with E-state index in [1.54, 1.807) is 19.1 Å². The summed E-state index contributed by atoms with van der Waals surface area (Å²) in [5, 5.41) is 32.1. The molecule has 0 aliphatic heterocycles. The summed E-state index contributed by atoms with van der Waals surface area (Å²) >= 11 is 0. The van der Waals surface area contributed by atoms with E-state index in [-0.39, 0.29) is 33.0 Å². The van der Waals surface area contributed by atoms with Crippen molar-refractivity contribution in [1.82, 2.24) is 4.98 Å². The van der Waals surface area contributed by atoms with Gasteiger partial charge < -0.3 is 10.2 Å². The lowest BCUT2D eigenvalue weighted by molar-refractivity contribution is -0.383. The second-order valence-electron chi connectivity index (χ2n) is 6.64. The van der Waals surface area contributed by atoms with Crippen molar-refractivity contribution in [2.75, 3.05) is 4.72 Å². The number of aromatic nitrogens is 1. The Balaban J connectivity index is 1.86. The van der Waals surface area contributed by atoms with Crippen molar-refractivity contribution < 1.29 is 23.6 Å². The molecule has 0 spiro atoms. The van der Waals surface area contributed by atoms with E-state index in [0.29, 0.717) is 16.3 Å². The zero-order valence-electron chi connectivity index (χ0n) is 15.5. The minimum atomic E-state index is -4.13. The highest BCUT2D eigenvalue weighted by Gasteiger charge is 2.22. The number of nitrogens with zero attached hydrogens (tertiary/aromatic N) is 2. The predicted molar refractivity (Wildman–Crippen MR) is 111 cm³/mol. The molecule has 0 saturated carbocycles. The number of sulfonamides is 1. The zero-order valence-corrected chi connectivity index (χ0v) is 16.3. The second-order valence-corrected chi connectivity index (χ2v) is 8.32. The minimum Gasteiger partial charge on any atom is -0.507 e. The summed E-state index contributed by atoms with van der Waals surface area (Å²) < 4.78 is 28.4. The average molecular weight is 425 g/mol. The third kappa shape index (κ3) is 3.12. The Bertz CT molecular complexity index is 1450. The van der Waals surface area contributed by atoms with Crippen LogP contribution in [-0.4, -0.2) is 28.5 Å². The second kappa shape index (κ2) is 6.85. The van der Waals surface area contributed by atoms with Gasteiger partial charge in [0.05, 0.1) is 32.5 Å². The van der Waals surface area contributed by atoms with Gasteiger partial charge in [-0.2, -0.15) is 0 Å². The summed E-state index contributed by atoms with van der Waals surface area (Å²) in [6.45, 7) is 1.59. The summed E-state index contributed by atoms with van der Waals surface area (Å²) in [5.41, 5.74) is 0.414. The van der Waals surface area contributed by atoms with E-state index in [1.807, 2.05) is 0 Å². The van der Waals surface area contributed by atoms with E-state index >= 15 is 0 Å². The first kappa shape index (κ1) is 19.4. The number of aryl methyl sites for hydroxylation is 1. The molecule has 0 bridgehead atoms. The lowest BCUT2D eigenvalue weighted by atomic mass is 10.0. The van der Waals surface area contributed by atoms with E-state index in [2.05, 4.69) is 9.71 Å². The number of aromatic hydroxyl groups is 2. The molecule has 3 aromatic carbocycles. The van der Waals surface area contributed by atoms with Crippen molar-refractivity contribution in [2.45, 2.75) is 11.8 Å².